The summed E-state index contributed by atoms with van der Waals surface area (Å²) in [5.74, 6) is 6.11. The average Bonchev–Trinajstić information content (AvgIpc) is 3.59. The van der Waals surface area contributed by atoms with E-state index in [-0.39, 0.29) is 5.82 Å². The van der Waals surface area contributed by atoms with Gasteiger partial charge in [0.15, 0.2) is 23.2 Å². The highest BCUT2D eigenvalue weighted by Crippen LogP contribution is 2.43. The third kappa shape index (κ3) is 5.85. The highest BCUT2D eigenvalue weighted by atomic mass is 31.2. The maximum atomic E-state index is 12.2. The van der Waals surface area contributed by atoms with Gasteiger partial charge in [-0.15, -0.1) is 0 Å². The van der Waals surface area contributed by atoms with Gasteiger partial charge in [-0.25, -0.2) is 24.3 Å². The molecule has 200 valence electrons. The largest absolute Gasteiger partial charge is 0.469 e. The molecule has 2 aliphatic rings. The van der Waals surface area contributed by atoms with Crippen LogP contribution in [0.2, 0.25) is 0 Å². The van der Waals surface area contributed by atoms with Crippen molar-refractivity contribution in [3.05, 3.63) is 48.5 Å². The van der Waals surface area contributed by atoms with Gasteiger partial charge in [-0.05, 0) is 24.5 Å². The number of ether oxygens (including phenoxy) is 3. The van der Waals surface area contributed by atoms with Crippen LogP contribution in [0.25, 0.3) is 11.2 Å². The van der Waals surface area contributed by atoms with E-state index < -0.39 is 51.3 Å². The van der Waals surface area contributed by atoms with Crippen molar-refractivity contribution in [3.8, 4) is 11.8 Å². The minimum atomic E-state index is -4.76. The van der Waals surface area contributed by atoms with Crippen LogP contribution in [0, 0.1) is 11.8 Å². The van der Waals surface area contributed by atoms with Gasteiger partial charge < -0.3 is 29.3 Å². The van der Waals surface area contributed by atoms with Gasteiger partial charge in [-0.2, -0.15) is 0 Å². The molecule has 2 aromatic heterocycles. The first-order chi connectivity index (χ1) is 18.3. The van der Waals surface area contributed by atoms with Crippen molar-refractivity contribution in [2.75, 3.05) is 18.5 Å². The van der Waals surface area contributed by atoms with Gasteiger partial charge in [-0.3, -0.25) is 14.4 Å². The Kier molecular flexibility index (Phi) is 7.68. The molecule has 2 saturated heterocycles. The minimum Gasteiger partial charge on any atom is -0.347 e. The zero-order valence-electron chi connectivity index (χ0n) is 20.1. The quantitative estimate of drug-likeness (QED) is 0.250. The van der Waals surface area contributed by atoms with E-state index in [1.165, 1.54) is 12.7 Å². The molecule has 2 amide bonds. The van der Waals surface area contributed by atoms with Gasteiger partial charge in [0, 0.05) is 12.1 Å². The smallest absolute Gasteiger partial charge is 0.347 e. The number of urea groups is 1. The first-order valence-corrected chi connectivity index (χ1v) is 13.3. The Hall–Kier alpha value is -3.41. The van der Waals surface area contributed by atoms with E-state index in [0.29, 0.717) is 17.7 Å². The number of hydrogen-bond donors (Lipinski definition) is 4. The number of carbonyl (C=O) groups is 1. The fourth-order valence-corrected chi connectivity index (χ4v) is 4.46. The van der Waals surface area contributed by atoms with Crippen molar-refractivity contribution in [2.45, 2.75) is 44.2 Å². The predicted octanol–water partition coefficient (Wildman–Crippen LogP) is 1.53. The molecule has 38 heavy (non-hydrogen) atoms. The number of rotatable bonds is 7. The normalized spacial score (nSPS) is 24.6. The highest BCUT2D eigenvalue weighted by Gasteiger charge is 2.54. The molecule has 4 N–H and O–H groups in total. The number of nitrogens with one attached hydrogen (secondary N) is 2. The lowest BCUT2D eigenvalue weighted by atomic mass is 10.1. The van der Waals surface area contributed by atoms with E-state index in [2.05, 4.69) is 37.4 Å². The van der Waals surface area contributed by atoms with Crippen LogP contribution >= 0.6 is 7.82 Å². The van der Waals surface area contributed by atoms with Gasteiger partial charge in [0.2, 0.25) is 6.29 Å². The van der Waals surface area contributed by atoms with Crippen LogP contribution in [0.1, 0.15) is 25.1 Å². The number of aromatic nitrogens is 4. The molecule has 2 fully saturated rings. The van der Waals surface area contributed by atoms with Crippen LogP contribution in [0.5, 0.6) is 0 Å². The van der Waals surface area contributed by atoms with Gasteiger partial charge in [-0.1, -0.05) is 31.0 Å². The third-order valence-electron chi connectivity index (χ3n) is 5.76. The molecule has 1 aromatic carbocycles. The molecule has 2 unspecified atom stereocenters. The van der Waals surface area contributed by atoms with Gasteiger partial charge in [0.25, 0.3) is 0 Å². The molecule has 0 aliphatic carbocycles. The van der Waals surface area contributed by atoms with Crippen molar-refractivity contribution in [2.24, 2.45) is 0 Å². The molecule has 3 aromatic rings. The number of hydrogen-bond acceptors (Lipinski definition) is 9. The Morgan fingerprint density at radius 3 is 2.71 bits per heavy atom. The fraction of sp³-hybridized carbons (Fsp3) is 0.391. The Balaban J connectivity index is 1.41. The summed E-state index contributed by atoms with van der Waals surface area (Å²) >= 11 is 0. The van der Waals surface area contributed by atoms with Crippen LogP contribution in [0.3, 0.4) is 0 Å². The molecule has 15 heteroatoms. The summed E-state index contributed by atoms with van der Waals surface area (Å²) in [4.78, 5) is 43.3. The van der Waals surface area contributed by atoms with Crippen molar-refractivity contribution < 1.29 is 37.9 Å². The zero-order valence-corrected chi connectivity index (χ0v) is 21.0. The number of nitrogens with zero attached hydrogens (tertiary/aromatic N) is 4. The number of carbonyl (C=O) groups excluding carboxylic acids is 1. The Morgan fingerprint density at radius 2 is 1.95 bits per heavy atom. The van der Waals surface area contributed by atoms with Crippen LogP contribution in [-0.2, 0) is 23.3 Å². The van der Waals surface area contributed by atoms with E-state index in [4.69, 9.17) is 18.7 Å². The topological polar surface area (TPSA) is 179 Å². The van der Waals surface area contributed by atoms with Gasteiger partial charge in [0.1, 0.15) is 24.6 Å². The number of amides is 2. The summed E-state index contributed by atoms with van der Waals surface area (Å²) < 4.78 is 35.7. The predicted molar refractivity (Wildman–Crippen MR) is 131 cm³/mol. The molecule has 2 aliphatic heterocycles. The fourth-order valence-electron chi connectivity index (χ4n) is 4.12. The third-order valence-corrected chi connectivity index (χ3v) is 6.25. The lowest BCUT2D eigenvalue weighted by Crippen LogP contribution is -2.31. The summed E-state index contributed by atoms with van der Waals surface area (Å²) in [6.45, 7) is 1.98. The van der Waals surface area contributed by atoms with E-state index in [1.807, 2.05) is 37.3 Å². The van der Waals surface area contributed by atoms with E-state index >= 15 is 0 Å². The van der Waals surface area contributed by atoms with Gasteiger partial charge >= 0.3 is 13.9 Å². The molecule has 0 saturated carbocycles. The number of fused-ring (bicyclic) bond motifs is 2. The number of imidazole rings is 1. The summed E-state index contributed by atoms with van der Waals surface area (Å²) in [5, 5.41) is 5.36. The Labute approximate surface area is 216 Å². The number of phosphoric ester groups is 1. The molecule has 0 bridgehead atoms. The minimum absolute atomic E-state index is 0.202. The summed E-state index contributed by atoms with van der Waals surface area (Å²) in [7, 11) is -4.76. The van der Waals surface area contributed by atoms with Crippen molar-refractivity contribution >= 4 is 30.8 Å². The number of benzene rings is 1. The van der Waals surface area contributed by atoms with E-state index in [0.717, 1.165) is 12.0 Å². The summed E-state index contributed by atoms with van der Waals surface area (Å²) in [5.41, 5.74) is 1.42. The molecule has 5 atom stereocenters. The zero-order chi connectivity index (χ0) is 26.7. The second-order valence-corrected chi connectivity index (χ2v) is 9.69. The summed E-state index contributed by atoms with van der Waals surface area (Å²) in [6.07, 6.45) is -0.642. The Morgan fingerprint density at radius 1 is 1.16 bits per heavy atom. The second kappa shape index (κ2) is 11.1. The molecule has 0 spiro atoms. The SMILES string of the molecule is CCCNC(=O)Nc1ncnc2c1ncn2[C@@H]1O[C@H](COP(=O)(O)O)C2OC(C#Cc3ccccc3)O[C@@H]21. The van der Waals surface area contributed by atoms with Gasteiger partial charge in [0.05, 0.1) is 12.9 Å². The monoisotopic (exact) mass is 544 g/mol. The maximum absolute atomic E-state index is 12.2. The van der Waals surface area contributed by atoms with E-state index in [9.17, 15) is 19.1 Å². The molecular formula is C23H25N6O8P. The van der Waals surface area contributed by atoms with Crippen molar-refractivity contribution in [1.82, 2.24) is 24.8 Å². The standard InChI is InChI=1S/C23H25N6O8P/c1-2-10-24-23(30)28-20-17-21(26-12-25-20)29(13-27-17)22-19-18(15(35-22)11-34-38(31,32)33)36-16(37-19)9-8-14-6-4-3-5-7-14/h3-7,12-13,15-16,18-19,22H,2,10-11H2,1H3,(H2,31,32,33)(H2,24,25,26,28,30)/t15-,16?,18?,19+,22-/m1/s1. The average molecular weight is 544 g/mol. The second-order valence-electron chi connectivity index (χ2n) is 8.45. The molecule has 14 nitrogen and oxygen atoms in total. The molecular weight excluding hydrogens is 519 g/mol. The van der Waals surface area contributed by atoms with Crippen molar-refractivity contribution in [3.63, 3.8) is 0 Å². The lowest BCUT2D eigenvalue weighted by molar-refractivity contribution is -0.129. The van der Waals surface area contributed by atoms with Crippen LogP contribution in [0.4, 0.5) is 10.6 Å². The lowest BCUT2D eigenvalue weighted by Gasteiger charge is -2.20. The number of phosphoric acid groups is 1. The van der Waals surface area contributed by atoms with Crippen molar-refractivity contribution in [1.29, 1.82) is 0 Å². The van der Waals surface area contributed by atoms with Crippen LogP contribution in [0.15, 0.2) is 43.0 Å². The van der Waals surface area contributed by atoms with E-state index in [1.54, 1.807) is 4.57 Å². The highest BCUT2D eigenvalue weighted by molar-refractivity contribution is 7.46. The van der Waals surface area contributed by atoms with Crippen LogP contribution in [-0.4, -0.2) is 73.1 Å². The summed E-state index contributed by atoms with van der Waals surface area (Å²) in [6, 6.07) is 8.85. The molecule has 0 radical (unpaired) electrons. The van der Waals surface area contributed by atoms with Crippen LogP contribution < -0.4 is 10.6 Å². The molecule has 5 rings (SSSR count). The first kappa shape index (κ1) is 26.2. The molecule has 4 heterocycles. The number of anilines is 1. The first-order valence-electron chi connectivity index (χ1n) is 11.8. The Bertz CT molecular complexity index is 1400. The maximum Gasteiger partial charge on any atom is 0.469 e.